The maximum absolute atomic E-state index is 9.73. The Morgan fingerprint density at radius 1 is 1.20 bits per heavy atom. The lowest BCUT2D eigenvalue weighted by Crippen LogP contribution is -2.03. The van der Waals surface area contributed by atoms with Crippen LogP contribution >= 0.6 is 0 Å². The molecule has 0 spiro atoms. The Balaban J connectivity index is 2.03. The van der Waals surface area contributed by atoms with E-state index in [0.717, 1.165) is 41.1 Å². The van der Waals surface area contributed by atoms with Crippen molar-refractivity contribution in [2.24, 2.45) is 0 Å². The van der Waals surface area contributed by atoms with Crippen LogP contribution in [0.2, 0.25) is 0 Å². The molecule has 3 aromatic rings. The Morgan fingerprint density at radius 3 is 2.80 bits per heavy atom. The smallest absolute Gasteiger partial charge is 0.218 e. The number of hydrogen-bond donors (Lipinski definition) is 3. The van der Waals surface area contributed by atoms with Gasteiger partial charge in [0.25, 0.3) is 0 Å². The average Bonchev–Trinajstić information content (AvgIpc) is 3.00. The molecule has 0 aliphatic heterocycles. The van der Waals surface area contributed by atoms with E-state index in [1.165, 1.54) is 12.8 Å². The van der Waals surface area contributed by atoms with Gasteiger partial charge in [-0.3, -0.25) is 4.98 Å². The van der Waals surface area contributed by atoms with E-state index in [-0.39, 0.29) is 6.61 Å². The molecule has 0 aliphatic carbocycles. The molecule has 132 valence electrons. The van der Waals surface area contributed by atoms with E-state index in [2.05, 4.69) is 27.5 Å². The highest BCUT2D eigenvalue weighted by Crippen LogP contribution is 2.39. The number of anilines is 3. The number of aromatic nitrogens is 2. The minimum Gasteiger partial charge on any atom is -0.436 e. The molecule has 3 N–H and O–H groups in total. The predicted octanol–water partition coefficient (Wildman–Crippen LogP) is 4.37. The third-order valence-electron chi connectivity index (χ3n) is 4.13. The maximum Gasteiger partial charge on any atom is 0.218 e. The number of fused-ring (bicyclic) bond motifs is 1. The number of pyridine rings is 2. The molecule has 3 rings (SSSR count). The van der Waals surface area contributed by atoms with Crippen molar-refractivity contribution in [3.63, 3.8) is 0 Å². The van der Waals surface area contributed by atoms with Crippen LogP contribution in [0.4, 0.5) is 17.4 Å². The SMILES string of the molecule is CCCCCNc1oc2c(C)ncc(CO)c2c1Nc1ccccn1. The normalized spacial score (nSPS) is 11.0. The third-order valence-corrected chi connectivity index (χ3v) is 4.13. The summed E-state index contributed by atoms with van der Waals surface area (Å²) in [5.74, 6) is 1.38. The lowest BCUT2D eigenvalue weighted by Gasteiger charge is -2.09. The van der Waals surface area contributed by atoms with E-state index in [9.17, 15) is 5.11 Å². The molecule has 0 aliphatic rings. The maximum atomic E-state index is 9.73. The van der Waals surface area contributed by atoms with Crippen LogP contribution in [0, 0.1) is 6.92 Å². The second-order valence-corrected chi connectivity index (χ2v) is 6.01. The molecule has 3 heterocycles. The molecule has 0 bridgehead atoms. The number of aliphatic hydroxyl groups is 1. The van der Waals surface area contributed by atoms with Crippen molar-refractivity contribution in [3.8, 4) is 0 Å². The number of aliphatic hydroxyl groups excluding tert-OH is 1. The third kappa shape index (κ3) is 3.74. The molecular weight excluding hydrogens is 316 g/mol. The summed E-state index contributed by atoms with van der Waals surface area (Å²) in [5, 5.41) is 17.3. The number of aryl methyl sites for hydroxylation is 1. The van der Waals surface area contributed by atoms with E-state index < -0.39 is 0 Å². The summed E-state index contributed by atoms with van der Waals surface area (Å²) >= 11 is 0. The fourth-order valence-corrected chi connectivity index (χ4v) is 2.80. The van der Waals surface area contributed by atoms with Gasteiger partial charge in [-0.1, -0.05) is 25.8 Å². The monoisotopic (exact) mass is 340 g/mol. The molecule has 25 heavy (non-hydrogen) atoms. The molecule has 0 aromatic carbocycles. The quantitative estimate of drug-likeness (QED) is 0.528. The number of nitrogens with zero attached hydrogens (tertiary/aromatic N) is 2. The largest absolute Gasteiger partial charge is 0.436 e. The van der Waals surface area contributed by atoms with Gasteiger partial charge in [-0.25, -0.2) is 4.98 Å². The lowest BCUT2D eigenvalue weighted by molar-refractivity contribution is 0.283. The van der Waals surface area contributed by atoms with Gasteiger partial charge in [0, 0.05) is 24.5 Å². The highest BCUT2D eigenvalue weighted by Gasteiger charge is 2.20. The zero-order valence-electron chi connectivity index (χ0n) is 14.7. The second-order valence-electron chi connectivity index (χ2n) is 6.01. The van der Waals surface area contributed by atoms with E-state index in [4.69, 9.17) is 4.42 Å². The van der Waals surface area contributed by atoms with Crippen molar-refractivity contribution in [1.82, 2.24) is 9.97 Å². The van der Waals surface area contributed by atoms with Crippen molar-refractivity contribution in [2.45, 2.75) is 39.7 Å². The van der Waals surface area contributed by atoms with Crippen LogP contribution in [-0.2, 0) is 6.61 Å². The minimum absolute atomic E-state index is 0.102. The number of rotatable bonds is 8. The molecule has 0 saturated carbocycles. The first kappa shape index (κ1) is 17.2. The van der Waals surface area contributed by atoms with Crippen molar-refractivity contribution < 1.29 is 9.52 Å². The van der Waals surface area contributed by atoms with E-state index >= 15 is 0 Å². The summed E-state index contributed by atoms with van der Waals surface area (Å²) in [6, 6.07) is 5.69. The van der Waals surface area contributed by atoms with E-state index in [0.29, 0.717) is 11.5 Å². The summed E-state index contributed by atoms with van der Waals surface area (Å²) in [7, 11) is 0. The van der Waals surface area contributed by atoms with Crippen molar-refractivity contribution in [2.75, 3.05) is 17.2 Å². The van der Waals surface area contributed by atoms with Crippen molar-refractivity contribution >= 4 is 28.4 Å². The van der Waals surface area contributed by atoms with Gasteiger partial charge in [-0.05, 0) is 25.5 Å². The van der Waals surface area contributed by atoms with Gasteiger partial charge in [0.2, 0.25) is 5.88 Å². The highest BCUT2D eigenvalue weighted by molar-refractivity contribution is 6.01. The van der Waals surface area contributed by atoms with Crippen LogP contribution in [0.3, 0.4) is 0 Å². The van der Waals surface area contributed by atoms with Gasteiger partial charge in [-0.2, -0.15) is 0 Å². The second kappa shape index (κ2) is 7.98. The van der Waals surface area contributed by atoms with Crippen molar-refractivity contribution in [1.29, 1.82) is 0 Å². The van der Waals surface area contributed by atoms with Gasteiger partial charge in [0.15, 0.2) is 5.58 Å². The van der Waals surface area contributed by atoms with Crippen LogP contribution in [0.25, 0.3) is 11.0 Å². The minimum atomic E-state index is -0.102. The Hall–Kier alpha value is -2.60. The number of hydrogen-bond acceptors (Lipinski definition) is 6. The topological polar surface area (TPSA) is 83.2 Å². The zero-order valence-corrected chi connectivity index (χ0v) is 14.7. The Bertz CT molecular complexity index is 830. The summed E-state index contributed by atoms with van der Waals surface area (Å²) in [5.41, 5.74) is 2.99. The fourth-order valence-electron chi connectivity index (χ4n) is 2.80. The molecule has 0 saturated heterocycles. The molecule has 0 atom stereocenters. The molecule has 0 amide bonds. The Kier molecular flexibility index (Phi) is 5.50. The zero-order chi connectivity index (χ0) is 17.6. The summed E-state index contributed by atoms with van der Waals surface area (Å²) in [4.78, 5) is 8.65. The van der Waals surface area contributed by atoms with Gasteiger partial charge in [0.05, 0.1) is 17.7 Å². The summed E-state index contributed by atoms with van der Waals surface area (Å²) in [6.45, 7) is 4.80. The molecule has 3 aromatic heterocycles. The summed E-state index contributed by atoms with van der Waals surface area (Å²) in [6.07, 6.45) is 6.83. The summed E-state index contributed by atoms with van der Waals surface area (Å²) < 4.78 is 6.05. The molecule has 0 fully saturated rings. The van der Waals surface area contributed by atoms with Gasteiger partial charge >= 0.3 is 0 Å². The predicted molar refractivity (Wildman–Crippen MR) is 100 cm³/mol. The fraction of sp³-hybridized carbons (Fsp3) is 0.368. The lowest BCUT2D eigenvalue weighted by atomic mass is 10.1. The molecule has 0 unspecified atom stereocenters. The molecule has 6 heteroatoms. The van der Waals surface area contributed by atoms with Gasteiger partial charge in [0.1, 0.15) is 11.5 Å². The van der Waals surface area contributed by atoms with Crippen LogP contribution < -0.4 is 10.6 Å². The molecule has 0 radical (unpaired) electrons. The molecular formula is C19H24N4O2. The highest BCUT2D eigenvalue weighted by atomic mass is 16.4. The number of furan rings is 1. The van der Waals surface area contributed by atoms with Gasteiger partial charge in [-0.15, -0.1) is 0 Å². The van der Waals surface area contributed by atoms with E-state index in [1.54, 1.807) is 12.4 Å². The first-order valence-electron chi connectivity index (χ1n) is 8.68. The van der Waals surface area contributed by atoms with Crippen LogP contribution in [0.5, 0.6) is 0 Å². The van der Waals surface area contributed by atoms with Crippen LogP contribution in [0.1, 0.15) is 37.4 Å². The van der Waals surface area contributed by atoms with Gasteiger partial charge < -0.3 is 20.2 Å². The number of unbranched alkanes of at least 4 members (excludes halogenated alkanes) is 2. The number of nitrogens with one attached hydrogen (secondary N) is 2. The first-order valence-corrected chi connectivity index (χ1v) is 8.68. The standard InChI is InChI=1S/C19H24N4O2/c1-3-4-6-10-21-19-17(23-15-8-5-7-9-20-15)16-14(12-24)11-22-13(2)18(16)25-19/h5,7-9,11,21,24H,3-4,6,10,12H2,1-2H3,(H,20,23). The first-order chi connectivity index (χ1) is 12.2. The van der Waals surface area contributed by atoms with Crippen LogP contribution in [0.15, 0.2) is 35.0 Å². The Labute approximate surface area is 147 Å². The molecule has 6 nitrogen and oxygen atoms in total. The Morgan fingerprint density at radius 2 is 2.08 bits per heavy atom. The van der Waals surface area contributed by atoms with E-state index in [1.807, 2.05) is 25.1 Å². The van der Waals surface area contributed by atoms with Crippen LogP contribution in [-0.4, -0.2) is 21.6 Å². The van der Waals surface area contributed by atoms with Crippen molar-refractivity contribution in [3.05, 3.63) is 41.9 Å². The average molecular weight is 340 g/mol.